The number of aryl methyl sites for hydroxylation is 1. The van der Waals surface area contributed by atoms with E-state index < -0.39 is 59.4 Å². The van der Waals surface area contributed by atoms with Gasteiger partial charge in [-0.1, -0.05) is 31.5 Å². The molecule has 45 heavy (non-hydrogen) atoms. The van der Waals surface area contributed by atoms with Crippen LogP contribution in [-0.4, -0.2) is 72.3 Å². The second kappa shape index (κ2) is 11.4. The fourth-order valence-corrected chi connectivity index (χ4v) is 5.90. The number of anilines is 1. The summed E-state index contributed by atoms with van der Waals surface area (Å²) in [6, 6.07) is 7.10. The number of fused-ring (bicyclic) bond motifs is 1. The Hall–Kier alpha value is -4.11. The Balaban J connectivity index is 1.43. The summed E-state index contributed by atoms with van der Waals surface area (Å²) in [4.78, 5) is 42.5. The van der Waals surface area contributed by atoms with E-state index in [4.69, 9.17) is 4.42 Å². The third kappa shape index (κ3) is 5.41. The number of urea groups is 1. The molecule has 2 saturated heterocycles. The lowest BCUT2D eigenvalue weighted by Gasteiger charge is -2.39. The SMILES string of the molecule is CCCc1cc(C(O)(C(F)(F)F)C(F)(F)F)ccc1N1CCNCC1C(=O)CN1C(=O)NC(C)(c2ccc3occc3c2)C1=O. The number of halogens is 6. The lowest BCUT2D eigenvalue weighted by molar-refractivity contribution is -0.376. The number of amides is 3. The smallest absolute Gasteiger partial charge is 0.430 e. The number of Topliss-reactive ketones (excluding diaryl/α,β-unsaturated/α-hetero) is 1. The number of piperazine rings is 1. The third-order valence-electron chi connectivity index (χ3n) is 8.38. The van der Waals surface area contributed by atoms with Crippen molar-refractivity contribution in [3.8, 4) is 0 Å². The Labute approximate surface area is 253 Å². The molecule has 3 heterocycles. The zero-order chi connectivity index (χ0) is 32.9. The molecule has 0 spiro atoms. The minimum absolute atomic E-state index is 0.0409. The molecule has 1 aromatic heterocycles. The lowest BCUT2D eigenvalue weighted by Crippen LogP contribution is -2.58. The van der Waals surface area contributed by atoms with Crippen molar-refractivity contribution in [1.82, 2.24) is 15.5 Å². The van der Waals surface area contributed by atoms with Crippen LogP contribution in [0.4, 0.5) is 36.8 Å². The number of carbonyl (C=O) groups excluding carboxylic acids is 3. The van der Waals surface area contributed by atoms with E-state index in [1.54, 1.807) is 36.1 Å². The van der Waals surface area contributed by atoms with Gasteiger partial charge in [-0.2, -0.15) is 26.3 Å². The molecule has 2 fully saturated rings. The predicted octanol–water partition coefficient (Wildman–Crippen LogP) is 4.51. The number of hydrogen-bond donors (Lipinski definition) is 3. The highest BCUT2D eigenvalue weighted by Crippen LogP contribution is 2.50. The molecule has 2 aliphatic rings. The van der Waals surface area contributed by atoms with E-state index in [0.717, 1.165) is 11.0 Å². The first-order valence-electron chi connectivity index (χ1n) is 14.1. The van der Waals surface area contributed by atoms with Crippen molar-refractivity contribution in [3.05, 3.63) is 65.4 Å². The van der Waals surface area contributed by atoms with Crippen LogP contribution in [0.15, 0.2) is 53.1 Å². The van der Waals surface area contributed by atoms with Gasteiger partial charge in [0.1, 0.15) is 17.2 Å². The van der Waals surface area contributed by atoms with Gasteiger partial charge < -0.3 is 25.1 Å². The number of nitrogens with one attached hydrogen (secondary N) is 2. The molecule has 5 rings (SSSR count). The fourth-order valence-electron chi connectivity index (χ4n) is 5.90. The largest absolute Gasteiger partial charge is 0.464 e. The number of aliphatic hydroxyl groups is 1. The van der Waals surface area contributed by atoms with E-state index in [2.05, 4.69) is 10.6 Å². The zero-order valence-electron chi connectivity index (χ0n) is 24.2. The van der Waals surface area contributed by atoms with Gasteiger partial charge in [-0.25, -0.2) is 4.79 Å². The Kier molecular flexibility index (Phi) is 8.15. The van der Waals surface area contributed by atoms with Crippen LogP contribution in [0.1, 0.15) is 37.0 Å². The van der Waals surface area contributed by atoms with Crippen LogP contribution in [0.5, 0.6) is 0 Å². The summed E-state index contributed by atoms with van der Waals surface area (Å²) in [5, 5.41) is 16.3. The van der Waals surface area contributed by atoms with Gasteiger partial charge >= 0.3 is 18.4 Å². The lowest BCUT2D eigenvalue weighted by atomic mass is 9.89. The summed E-state index contributed by atoms with van der Waals surface area (Å²) in [5.74, 6) is -1.25. The number of nitrogens with zero attached hydrogens (tertiary/aromatic N) is 2. The molecule has 2 aliphatic heterocycles. The molecule has 15 heteroatoms. The van der Waals surface area contributed by atoms with Gasteiger partial charge in [-0.3, -0.25) is 14.5 Å². The minimum atomic E-state index is -6.05. The maximum Gasteiger partial charge on any atom is 0.430 e. The normalized spacial score (nSPS) is 21.5. The number of carbonyl (C=O) groups is 3. The van der Waals surface area contributed by atoms with E-state index in [0.29, 0.717) is 41.6 Å². The average molecular weight is 641 g/mol. The number of alkyl halides is 6. The molecule has 2 atom stereocenters. The molecular weight excluding hydrogens is 610 g/mol. The van der Waals surface area contributed by atoms with E-state index in [1.165, 1.54) is 13.2 Å². The van der Waals surface area contributed by atoms with Gasteiger partial charge in [0.25, 0.3) is 11.5 Å². The van der Waals surface area contributed by atoms with Crippen molar-refractivity contribution in [3.63, 3.8) is 0 Å². The van der Waals surface area contributed by atoms with Crippen molar-refractivity contribution in [1.29, 1.82) is 0 Å². The molecule has 0 aliphatic carbocycles. The first kappa shape index (κ1) is 32.3. The summed E-state index contributed by atoms with van der Waals surface area (Å²) in [6.07, 6.45) is -10.2. The Bertz CT molecular complexity index is 1620. The van der Waals surface area contributed by atoms with E-state index in [-0.39, 0.29) is 30.8 Å². The quantitative estimate of drug-likeness (QED) is 0.245. The fraction of sp³-hybridized carbons (Fsp3) is 0.433. The standard InChI is InChI=1S/C30H30F6N4O5/c1-3-4-17-13-20(28(44,29(31,32)33)30(34,35)36)5-7-21(17)39-11-10-37-15-22(39)23(41)16-40-25(42)27(2,38-26(40)43)19-6-8-24-18(14-19)9-12-45-24/h5-9,12-14,22,37,44H,3-4,10-11,15-16H2,1-2H3,(H,38,43). The number of benzene rings is 2. The summed E-state index contributed by atoms with van der Waals surface area (Å²) in [5.41, 5.74) is -6.65. The predicted molar refractivity (Wildman–Crippen MR) is 149 cm³/mol. The molecule has 3 aromatic rings. The van der Waals surface area contributed by atoms with Crippen LogP contribution in [0.2, 0.25) is 0 Å². The van der Waals surface area contributed by atoms with E-state index in [1.807, 2.05) is 0 Å². The Morgan fingerprint density at radius 2 is 1.78 bits per heavy atom. The average Bonchev–Trinajstić information content (AvgIpc) is 3.54. The number of ketones is 1. The first-order chi connectivity index (χ1) is 21.0. The highest BCUT2D eigenvalue weighted by molar-refractivity contribution is 6.10. The van der Waals surface area contributed by atoms with Gasteiger partial charge in [0.2, 0.25) is 0 Å². The molecular formula is C30H30F6N4O5. The molecule has 9 nitrogen and oxygen atoms in total. The van der Waals surface area contributed by atoms with Crippen molar-refractivity contribution >= 4 is 34.4 Å². The highest BCUT2D eigenvalue weighted by atomic mass is 19.4. The molecule has 2 aromatic carbocycles. The third-order valence-corrected chi connectivity index (χ3v) is 8.38. The van der Waals surface area contributed by atoms with Gasteiger partial charge in [0.15, 0.2) is 5.78 Å². The van der Waals surface area contributed by atoms with Crippen molar-refractivity contribution in [2.45, 2.75) is 56.2 Å². The Morgan fingerprint density at radius 1 is 1.07 bits per heavy atom. The molecule has 0 radical (unpaired) electrons. The van der Waals surface area contributed by atoms with E-state index >= 15 is 0 Å². The molecule has 242 valence electrons. The monoisotopic (exact) mass is 640 g/mol. The summed E-state index contributed by atoms with van der Waals surface area (Å²) >= 11 is 0. The van der Waals surface area contributed by atoms with Crippen LogP contribution in [0.25, 0.3) is 11.0 Å². The maximum atomic E-state index is 13.7. The summed E-state index contributed by atoms with van der Waals surface area (Å²) in [7, 11) is 0. The Morgan fingerprint density at radius 3 is 2.44 bits per heavy atom. The maximum absolute atomic E-state index is 13.7. The number of imide groups is 1. The van der Waals surface area contributed by atoms with Gasteiger partial charge in [-0.15, -0.1) is 0 Å². The van der Waals surface area contributed by atoms with Crippen molar-refractivity contribution in [2.24, 2.45) is 0 Å². The van der Waals surface area contributed by atoms with Gasteiger partial charge in [0.05, 0.1) is 12.8 Å². The molecule has 2 unspecified atom stereocenters. The summed E-state index contributed by atoms with van der Waals surface area (Å²) < 4.78 is 86.9. The van der Waals surface area contributed by atoms with Gasteiger partial charge in [0, 0.05) is 36.3 Å². The van der Waals surface area contributed by atoms with Gasteiger partial charge in [-0.05, 0) is 48.7 Å². The van der Waals surface area contributed by atoms with Crippen LogP contribution in [0, 0.1) is 0 Å². The van der Waals surface area contributed by atoms with E-state index in [9.17, 15) is 45.8 Å². The highest BCUT2D eigenvalue weighted by Gasteiger charge is 2.71. The van der Waals surface area contributed by atoms with Crippen LogP contribution >= 0.6 is 0 Å². The molecule has 0 saturated carbocycles. The number of furan rings is 1. The van der Waals surface area contributed by atoms with Crippen molar-refractivity contribution < 1.29 is 50.2 Å². The topological polar surface area (TPSA) is 115 Å². The second-order valence-electron chi connectivity index (χ2n) is 11.3. The first-order valence-corrected chi connectivity index (χ1v) is 14.1. The minimum Gasteiger partial charge on any atom is -0.464 e. The molecule has 0 bridgehead atoms. The van der Waals surface area contributed by atoms with Crippen LogP contribution in [0.3, 0.4) is 0 Å². The molecule has 3 amide bonds. The molecule has 3 N–H and O–H groups in total. The number of hydrogen-bond acceptors (Lipinski definition) is 7. The van der Waals surface area contributed by atoms with Crippen molar-refractivity contribution in [2.75, 3.05) is 31.1 Å². The zero-order valence-corrected chi connectivity index (χ0v) is 24.2. The summed E-state index contributed by atoms with van der Waals surface area (Å²) in [6.45, 7) is 3.09. The van der Waals surface area contributed by atoms with Crippen LogP contribution < -0.4 is 15.5 Å². The van der Waals surface area contributed by atoms with Crippen LogP contribution in [-0.2, 0) is 27.1 Å². The second-order valence-corrected chi connectivity index (χ2v) is 11.3. The number of rotatable bonds is 8.